The molecule has 1 aromatic rings. The lowest BCUT2D eigenvalue weighted by Gasteiger charge is -2.12. The molecule has 0 aliphatic rings. The van der Waals surface area contributed by atoms with Crippen molar-refractivity contribution in [2.24, 2.45) is 17.4 Å². The number of carbonyl (C=O) groups excluding carboxylic acids is 2. The molecule has 0 fully saturated rings. The van der Waals surface area contributed by atoms with Crippen LogP contribution in [0.25, 0.3) is 0 Å². The lowest BCUT2D eigenvalue weighted by atomic mass is 10.0. The summed E-state index contributed by atoms with van der Waals surface area (Å²) in [5.41, 5.74) is 11.3. The van der Waals surface area contributed by atoms with E-state index < -0.39 is 5.91 Å². The first kappa shape index (κ1) is 15.5. The summed E-state index contributed by atoms with van der Waals surface area (Å²) in [6, 6.07) is 4.63. The molecule has 104 valence electrons. The molecule has 0 aromatic heterocycles. The molecule has 6 heteroatoms. The van der Waals surface area contributed by atoms with E-state index in [2.05, 4.69) is 5.32 Å². The number of carbonyl (C=O) groups is 2. The summed E-state index contributed by atoms with van der Waals surface area (Å²) in [5, 5.41) is 2.99. The Labute approximate surface area is 117 Å². The summed E-state index contributed by atoms with van der Waals surface area (Å²) in [5.74, 6) is -0.889. The van der Waals surface area contributed by atoms with Gasteiger partial charge in [0.25, 0.3) is 0 Å². The highest BCUT2D eigenvalue weighted by molar-refractivity contribution is 6.33. The van der Waals surface area contributed by atoms with Crippen LogP contribution in [0.1, 0.15) is 30.1 Å². The van der Waals surface area contributed by atoms with Crippen molar-refractivity contribution >= 4 is 29.1 Å². The maximum Gasteiger partial charge on any atom is 0.250 e. The maximum absolute atomic E-state index is 11.9. The number of benzene rings is 1. The topological polar surface area (TPSA) is 98.2 Å². The van der Waals surface area contributed by atoms with E-state index in [0.717, 1.165) is 12.8 Å². The lowest BCUT2D eigenvalue weighted by molar-refractivity contribution is -0.119. The van der Waals surface area contributed by atoms with Crippen LogP contribution in [0.15, 0.2) is 18.2 Å². The number of hydrogen-bond donors (Lipinski definition) is 3. The number of halogens is 1. The standard InChI is InChI=1S/C13H18ClN3O2/c1-8(3-2-6-15)13(19)17-9-4-5-11(14)10(7-9)12(16)18/h4-5,7-8H,2-3,6,15H2,1H3,(H2,16,18)(H,17,19). The van der Waals surface area contributed by atoms with Crippen molar-refractivity contribution in [1.29, 1.82) is 0 Å². The van der Waals surface area contributed by atoms with Crippen molar-refractivity contribution in [3.05, 3.63) is 28.8 Å². The first-order chi connectivity index (χ1) is 8.95. The number of nitrogens with two attached hydrogens (primary N) is 2. The van der Waals surface area contributed by atoms with Gasteiger partial charge in [-0.05, 0) is 37.6 Å². The zero-order valence-electron chi connectivity index (χ0n) is 10.8. The lowest BCUT2D eigenvalue weighted by Crippen LogP contribution is -2.21. The van der Waals surface area contributed by atoms with Crippen molar-refractivity contribution in [3.63, 3.8) is 0 Å². The molecule has 1 atom stereocenters. The smallest absolute Gasteiger partial charge is 0.250 e. The molecule has 1 aromatic carbocycles. The fourth-order valence-corrected chi connectivity index (χ4v) is 1.82. The predicted octanol–water partition coefficient (Wildman–Crippen LogP) is 1.75. The number of primary amides is 1. The predicted molar refractivity (Wildman–Crippen MR) is 76.1 cm³/mol. The molecule has 1 unspecified atom stereocenters. The highest BCUT2D eigenvalue weighted by Crippen LogP contribution is 2.21. The van der Waals surface area contributed by atoms with E-state index in [1.165, 1.54) is 12.1 Å². The van der Waals surface area contributed by atoms with Crippen LogP contribution in [0.2, 0.25) is 5.02 Å². The van der Waals surface area contributed by atoms with E-state index in [4.69, 9.17) is 23.1 Å². The second kappa shape index (κ2) is 7.11. The third kappa shape index (κ3) is 4.54. The van der Waals surface area contributed by atoms with Crippen molar-refractivity contribution in [3.8, 4) is 0 Å². The molecule has 0 heterocycles. The van der Waals surface area contributed by atoms with E-state index in [1.54, 1.807) is 6.07 Å². The Bertz CT molecular complexity index is 477. The van der Waals surface area contributed by atoms with Gasteiger partial charge in [-0.15, -0.1) is 0 Å². The number of rotatable bonds is 6. The molecule has 0 radical (unpaired) electrons. The molecule has 0 bridgehead atoms. The van der Waals surface area contributed by atoms with Gasteiger partial charge in [0.15, 0.2) is 0 Å². The Morgan fingerprint density at radius 2 is 2.11 bits per heavy atom. The maximum atomic E-state index is 11.9. The van der Waals surface area contributed by atoms with Crippen LogP contribution < -0.4 is 16.8 Å². The Morgan fingerprint density at radius 3 is 2.68 bits per heavy atom. The molecule has 1 rings (SSSR count). The summed E-state index contributed by atoms with van der Waals surface area (Å²) >= 11 is 5.83. The molecule has 0 aliphatic heterocycles. The van der Waals surface area contributed by atoms with Crippen molar-refractivity contribution in [1.82, 2.24) is 0 Å². The minimum atomic E-state index is -0.628. The second-order valence-electron chi connectivity index (χ2n) is 4.38. The first-order valence-electron chi connectivity index (χ1n) is 6.06. The quantitative estimate of drug-likeness (QED) is 0.742. The second-order valence-corrected chi connectivity index (χ2v) is 4.79. The summed E-state index contributed by atoms with van der Waals surface area (Å²) in [6.45, 7) is 2.39. The van der Waals surface area contributed by atoms with Crippen LogP contribution in [0, 0.1) is 5.92 Å². The average Bonchev–Trinajstić information content (AvgIpc) is 2.37. The average molecular weight is 284 g/mol. The molecule has 5 N–H and O–H groups in total. The van der Waals surface area contributed by atoms with Gasteiger partial charge in [0, 0.05) is 11.6 Å². The van der Waals surface area contributed by atoms with Gasteiger partial charge < -0.3 is 16.8 Å². The summed E-state index contributed by atoms with van der Waals surface area (Å²) < 4.78 is 0. The van der Waals surface area contributed by atoms with Gasteiger partial charge in [0.2, 0.25) is 11.8 Å². The highest BCUT2D eigenvalue weighted by atomic mass is 35.5. The normalized spacial score (nSPS) is 11.9. The van der Waals surface area contributed by atoms with E-state index in [1.807, 2.05) is 6.92 Å². The van der Waals surface area contributed by atoms with Crippen molar-refractivity contribution < 1.29 is 9.59 Å². The van der Waals surface area contributed by atoms with Crippen LogP contribution in [0.3, 0.4) is 0 Å². The molecule has 0 saturated heterocycles. The minimum Gasteiger partial charge on any atom is -0.366 e. The van der Waals surface area contributed by atoms with Gasteiger partial charge in [-0.3, -0.25) is 9.59 Å². The van der Waals surface area contributed by atoms with Gasteiger partial charge in [-0.25, -0.2) is 0 Å². The van der Waals surface area contributed by atoms with E-state index in [-0.39, 0.29) is 22.4 Å². The van der Waals surface area contributed by atoms with Crippen LogP contribution in [0.5, 0.6) is 0 Å². The molecular formula is C13H18ClN3O2. The SMILES string of the molecule is CC(CCCN)C(=O)Nc1ccc(Cl)c(C(N)=O)c1. The third-order valence-corrected chi connectivity index (χ3v) is 3.12. The summed E-state index contributed by atoms with van der Waals surface area (Å²) in [6.07, 6.45) is 1.51. The Hall–Kier alpha value is -1.59. The Balaban J connectivity index is 2.74. The molecule has 0 saturated carbocycles. The van der Waals surface area contributed by atoms with E-state index in [0.29, 0.717) is 12.2 Å². The highest BCUT2D eigenvalue weighted by Gasteiger charge is 2.14. The Kier molecular flexibility index (Phi) is 5.79. The largest absolute Gasteiger partial charge is 0.366 e. The van der Waals surface area contributed by atoms with Gasteiger partial charge in [0.1, 0.15) is 0 Å². The van der Waals surface area contributed by atoms with Gasteiger partial charge >= 0.3 is 0 Å². The molecule has 0 spiro atoms. The fourth-order valence-electron chi connectivity index (χ4n) is 1.61. The monoisotopic (exact) mass is 283 g/mol. The minimum absolute atomic E-state index is 0.119. The zero-order chi connectivity index (χ0) is 14.4. The summed E-state index contributed by atoms with van der Waals surface area (Å²) in [7, 11) is 0. The zero-order valence-corrected chi connectivity index (χ0v) is 11.5. The van der Waals surface area contributed by atoms with Crippen LogP contribution in [-0.4, -0.2) is 18.4 Å². The van der Waals surface area contributed by atoms with Gasteiger partial charge in [-0.1, -0.05) is 18.5 Å². The number of hydrogen-bond acceptors (Lipinski definition) is 3. The van der Waals surface area contributed by atoms with Crippen LogP contribution in [-0.2, 0) is 4.79 Å². The Morgan fingerprint density at radius 1 is 1.42 bits per heavy atom. The van der Waals surface area contributed by atoms with Gasteiger partial charge in [-0.2, -0.15) is 0 Å². The van der Waals surface area contributed by atoms with E-state index in [9.17, 15) is 9.59 Å². The molecular weight excluding hydrogens is 266 g/mol. The first-order valence-corrected chi connectivity index (χ1v) is 6.43. The van der Waals surface area contributed by atoms with Gasteiger partial charge in [0.05, 0.1) is 10.6 Å². The van der Waals surface area contributed by atoms with E-state index >= 15 is 0 Å². The van der Waals surface area contributed by atoms with Crippen LogP contribution >= 0.6 is 11.6 Å². The van der Waals surface area contributed by atoms with Crippen molar-refractivity contribution in [2.45, 2.75) is 19.8 Å². The molecule has 5 nitrogen and oxygen atoms in total. The van der Waals surface area contributed by atoms with Crippen molar-refractivity contribution in [2.75, 3.05) is 11.9 Å². The summed E-state index contributed by atoms with van der Waals surface area (Å²) in [4.78, 5) is 23.0. The third-order valence-electron chi connectivity index (χ3n) is 2.79. The number of anilines is 1. The molecule has 2 amide bonds. The fraction of sp³-hybridized carbons (Fsp3) is 0.385. The molecule has 0 aliphatic carbocycles. The van der Waals surface area contributed by atoms with Crippen LogP contribution in [0.4, 0.5) is 5.69 Å². The number of nitrogens with one attached hydrogen (secondary N) is 1. The number of amides is 2. The molecule has 19 heavy (non-hydrogen) atoms.